The Morgan fingerprint density at radius 3 is 2.88 bits per heavy atom. The topological polar surface area (TPSA) is 76.4 Å². The van der Waals surface area contributed by atoms with E-state index in [4.69, 9.17) is 9.26 Å². The van der Waals surface area contributed by atoms with Crippen LogP contribution >= 0.6 is 12.4 Å². The molecule has 136 valence electrons. The van der Waals surface area contributed by atoms with Crippen molar-refractivity contribution < 1.29 is 14.1 Å². The van der Waals surface area contributed by atoms with Crippen molar-refractivity contribution in [2.45, 2.75) is 31.4 Å². The number of methoxy groups -OCH3 is 1. The highest BCUT2D eigenvalue weighted by atomic mass is 35.5. The first-order valence-electron chi connectivity index (χ1n) is 8.60. The van der Waals surface area contributed by atoms with E-state index < -0.39 is 0 Å². The van der Waals surface area contributed by atoms with Gasteiger partial charge in [-0.15, -0.1) is 12.4 Å². The molecule has 1 aliphatic heterocycles. The van der Waals surface area contributed by atoms with Gasteiger partial charge in [0.1, 0.15) is 5.69 Å². The fourth-order valence-corrected chi connectivity index (χ4v) is 4.17. The highest BCUT2D eigenvalue weighted by Crippen LogP contribution is 2.34. The van der Waals surface area contributed by atoms with Gasteiger partial charge in [-0.25, -0.2) is 0 Å². The van der Waals surface area contributed by atoms with Crippen LogP contribution in [0.2, 0.25) is 0 Å². The lowest BCUT2D eigenvalue weighted by molar-refractivity contribution is -0.123. The molecule has 2 aliphatic rings. The third-order valence-corrected chi connectivity index (χ3v) is 5.45. The van der Waals surface area contributed by atoms with Crippen LogP contribution in [0, 0.1) is 11.8 Å². The Morgan fingerprint density at radius 2 is 2.08 bits per heavy atom. The van der Waals surface area contributed by atoms with Gasteiger partial charge in [0, 0.05) is 12.5 Å². The smallest absolute Gasteiger partial charge is 0.226 e. The number of ether oxygens (including phenoxy) is 1. The van der Waals surface area contributed by atoms with Crippen LogP contribution in [0.15, 0.2) is 28.8 Å². The number of carbonyl (C=O) groups is 1. The first kappa shape index (κ1) is 18.2. The summed E-state index contributed by atoms with van der Waals surface area (Å²) in [4.78, 5) is 12.5. The molecule has 2 aromatic rings. The lowest BCUT2D eigenvalue weighted by atomic mass is 9.77. The van der Waals surface area contributed by atoms with Gasteiger partial charge in [0.05, 0.1) is 18.6 Å². The Kier molecular flexibility index (Phi) is 5.61. The summed E-state index contributed by atoms with van der Waals surface area (Å²) in [5.74, 6) is 1.28. The van der Waals surface area contributed by atoms with Crippen LogP contribution in [0.3, 0.4) is 0 Å². The highest BCUT2D eigenvalue weighted by Gasteiger charge is 2.40. The van der Waals surface area contributed by atoms with Gasteiger partial charge < -0.3 is 19.9 Å². The molecule has 4 rings (SSSR count). The lowest BCUT2D eigenvalue weighted by Crippen LogP contribution is -2.50. The number of hydrogen-bond acceptors (Lipinski definition) is 5. The molecule has 1 saturated heterocycles. The number of aromatic nitrogens is 1. The van der Waals surface area contributed by atoms with Crippen molar-refractivity contribution in [1.29, 1.82) is 0 Å². The minimum absolute atomic E-state index is 0. The molecule has 2 heterocycles. The Bertz CT molecular complexity index is 735. The number of para-hydroxylation sites is 1. The van der Waals surface area contributed by atoms with E-state index in [-0.39, 0.29) is 36.9 Å². The summed E-state index contributed by atoms with van der Waals surface area (Å²) < 4.78 is 10.9. The molecule has 2 fully saturated rings. The van der Waals surface area contributed by atoms with Gasteiger partial charge in [0.2, 0.25) is 5.91 Å². The fourth-order valence-electron chi connectivity index (χ4n) is 4.17. The third kappa shape index (κ3) is 3.66. The maximum Gasteiger partial charge on any atom is 0.226 e. The van der Waals surface area contributed by atoms with Crippen molar-refractivity contribution in [3.05, 3.63) is 30.0 Å². The number of rotatable bonds is 4. The zero-order valence-corrected chi connectivity index (χ0v) is 15.1. The molecule has 0 radical (unpaired) electrons. The van der Waals surface area contributed by atoms with Crippen molar-refractivity contribution in [2.75, 3.05) is 20.2 Å². The second kappa shape index (κ2) is 7.72. The van der Waals surface area contributed by atoms with Crippen molar-refractivity contribution >= 4 is 29.3 Å². The number of nitrogens with one attached hydrogen (secondary N) is 2. The predicted molar refractivity (Wildman–Crippen MR) is 96.8 cm³/mol. The molecule has 0 spiro atoms. The van der Waals surface area contributed by atoms with Crippen LogP contribution in [0.1, 0.15) is 18.5 Å². The largest absolute Gasteiger partial charge is 0.379 e. The van der Waals surface area contributed by atoms with Crippen LogP contribution in [0.4, 0.5) is 0 Å². The van der Waals surface area contributed by atoms with E-state index in [1.807, 2.05) is 24.3 Å². The predicted octanol–water partition coefficient (Wildman–Crippen LogP) is 1.92. The van der Waals surface area contributed by atoms with Crippen LogP contribution in [0.5, 0.6) is 0 Å². The first-order valence-corrected chi connectivity index (χ1v) is 8.60. The normalized spacial score (nSPS) is 28.4. The van der Waals surface area contributed by atoms with Gasteiger partial charge in [-0.1, -0.05) is 17.3 Å². The summed E-state index contributed by atoms with van der Waals surface area (Å²) in [7, 11) is 1.73. The van der Waals surface area contributed by atoms with Gasteiger partial charge in [-0.2, -0.15) is 0 Å². The van der Waals surface area contributed by atoms with Crippen molar-refractivity contribution in [3.63, 3.8) is 0 Å². The van der Waals surface area contributed by atoms with E-state index >= 15 is 0 Å². The maximum absolute atomic E-state index is 12.5. The number of nitrogens with zero attached hydrogens (tertiary/aromatic N) is 1. The molecule has 0 bridgehead atoms. The summed E-state index contributed by atoms with van der Waals surface area (Å²) in [5.41, 5.74) is 1.40. The molecule has 6 nitrogen and oxygen atoms in total. The second-order valence-corrected chi connectivity index (χ2v) is 6.90. The number of hydrogen-bond donors (Lipinski definition) is 2. The quantitative estimate of drug-likeness (QED) is 0.865. The molecular formula is C18H24ClN3O3. The Balaban J connectivity index is 0.00000182. The van der Waals surface area contributed by atoms with Crippen molar-refractivity contribution in [3.8, 4) is 0 Å². The fraction of sp³-hybridized carbons (Fsp3) is 0.556. The summed E-state index contributed by atoms with van der Waals surface area (Å²) in [6, 6.07) is 7.69. The summed E-state index contributed by atoms with van der Waals surface area (Å²) in [6.07, 6.45) is 2.30. The molecule has 25 heavy (non-hydrogen) atoms. The zero-order valence-electron chi connectivity index (χ0n) is 14.2. The SMILES string of the molecule is CO[C@H]1C[C@@H]2CNC[C@@H]2C[C@@H]1NC(=O)Cc1noc2ccccc12.Cl. The zero-order chi connectivity index (χ0) is 16.5. The van der Waals surface area contributed by atoms with Gasteiger partial charge in [-0.3, -0.25) is 4.79 Å². The van der Waals surface area contributed by atoms with E-state index in [0.29, 0.717) is 23.1 Å². The molecule has 4 atom stereocenters. The minimum Gasteiger partial charge on any atom is -0.379 e. The van der Waals surface area contributed by atoms with Crippen LogP contribution < -0.4 is 10.6 Å². The van der Waals surface area contributed by atoms with E-state index in [1.54, 1.807) is 7.11 Å². The van der Waals surface area contributed by atoms with Crippen molar-refractivity contribution in [2.24, 2.45) is 11.8 Å². The number of benzene rings is 1. The van der Waals surface area contributed by atoms with E-state index in [1.165, 1.54) is 0 Å². The van der Waals surface area contributed by atoms with Gasteiger partial charge in [0.25, 0.3) is 0 Å². The van der Waals surface area contributed by atoms with Crippen LogP contribution in [-0.4, -0.2) is 43.4 Å². The summed E-state index contributed by atoms with van der Waals surface area (Å²) in [5, 5.41) is 11.6. The van der Waals surface area contributed by atoms with E-state index in [2.05, 4.69) is 15.8 Å². The van der Waals surface area contributed by atoms with Crippen LogP contribution in [0.25, 0.3) is 11.0 Å². The Hall–Kier alpha value is -1.63. The molecule has 1 aromatic heterocycles. The van der Waals surface area contributed by atoms with E-state index in [0.717, 1.165) is 31.3 Å². The molecule has 1 aromatic carbocycles. The molecule has 1 amide bonds. The summed E-state index contributed by atoms with van der Waals surface area (Å²) in [6.45, 7) is 2.11. The standard InChI is InChI=1S/C18H23N3O3.ClH/c1-23-17-7-12-10-19-9-11(12)6-15(17)20-18(22)8-14-13-4-2-3-5-16(13)24-21-14;/h2-5,11-12,15,17,19H,6-10H2,1H3,(H,20,22);1H/t11-,12+,15-,17-;/m0./s1. The second-order valence-electron chi connectivity index (χ2n) is 6.90. The molecule has 1 aliphatic carbocycles. The Labute approximate surface area is 153 Å². The average Bonchev–Trinajstić information content (AvgIpc) is 3.21. The molecule has 0 unspecified atom stereocenters. The number of halogens is 1. The minimum atomic E-state index is -0.0227. The van der Waals surface area contributed by atoms with Gasteiger partial charge in [0.15, 0.2) is 5.58 Å². The number of amides is 1. The molecule has 2 N–H and O–H groups in total. The first-order chi connectivity index (χ1) is 11.7. The number of carbonyl (C=O) groups excluding carboxylic acids is 1. The van der Waals surface area contributed by atoms with E-state index in [9.17, 15) is 4.79 Å². The average molecular weight is 366 g/mol. The molecule has 1 saturated carbocycles. The van der Waals surface area contributed by atoms with Crippen LogP contribution in [-0.2, 0) is 16.0 Å². The monoisotopic (exact) mass is 365 g/mol. The lowest BCUT2D eigenvalue weighted by Gasteiger charge is -2.37. The van der Waals surface area contributed by atoms with Gasteiger partial charge >= 0.3 is 0 Å². The highest BCUT2D eigenvalue weighted by molar-refractivity contribution is 5.86. The molecule has 7 heteroatoms. The third-order valence-electron chi connectivity index (χ3n) is 5.45. The maximum atomic E-state index is 12.5. The number of fused-ring (bicyclic) bond motifs is 2. The molecular weight excluding hydrogens is 342 g/mol. The van der Waals surface area contributed by atoms with Gasteiger partial charge in [-0.05, 0) is 49.9 Å². The van der Waals surface area contributed by atoms with Crippen molar-refractivity contribution in [1.82, 2.24) is 15.8 Å². The summed E-state index contributed by atoms with van der Waals surface area (Å²) >= 11 is 0. The Morgan fingerprint density at radius 1 is 1.32 bits per heavy atom.